The fourth-order valence-electron chi connectivity index (χ4n) is 3.87. The summed E-state index contributed by atoms with van der Waals surface area (Å²) in [6.45, 7) is 8.16. The molecule has 0 aromatic heterocycles. The maximum absolute atomic E-state index is 14.6. The number of ether oxygens (including phenoxy) is 3. The first kappa shape index (κ1) is 29.6. The molecule has 0 aliphatic heterocycles. The minimum atomic E-state index is -1.21. The van der Waals surface area contributed by atoms with Gasteiger partial charge in [0.2, 0.25) is 0 Å². The second-order valence-corrected chi connectivity index (χ2v) is 9.77. The Morgan fingerprint density at radius 1 is 0.861 bits per heavy atom. The van der Waals surface area contributed by atoms with Gasteiger partial charge in [0.1, 0.15) is 12.3 Å². The van der Waals surface area contributed by atoms with Gasteiger partial charge in [0, 0.05) is 0 Å². The molecule has 0 heterocycles. The van der Waals surface area contributed by atoms with Gasteiger partial charge >= 0.3 is 5.97 Å². The van der Waals surface area contributed by atoms with E-state index < -0.39 is 24.1 Å². The number of rotatable bonds is 17. The maximum atomic E-state index is 14.6. The summed E-state index contributed by atoms with van der Waals surface area (Å²) >= 11 is 0. The number of halogens is 2. The van der Waals surface area contributed by atoms with E-state index in [0.717, 1.165) is 18.9 Å². The lowest BCUT2D eigenvalue weighted by Crippen LogP contribution is -2.26. The Morgan fingerprint density at radius 3 is 2.14 bits per heavy atom. The number of alkyl halides is 1. The van der Waals surface area contributed by atoms with Crippen molar-refractivity contribution in [1.29, 1.82) is 0 Å². The van der Waals surface area contributed by atoms with Crippen LogP contribution in [-0.4, -0.2) is 24.9 Å². The quantitative estimate of drug-likeness (QED) is 0.123. The van der Waals surface area contributed by atoms with E-state index in [2.05, 4.69) is 6.92 Å². The molecule has 0 fully saturated rings. The van der Waals surface area contributed by atoms with Crippen LogP contribution in [0, 0.1) is 11.7 Å². The van der Waals surface area contributed by atoms with Crippen molar-refractivity contribution in [1.82, 2.24) is 0 Å². The van der Waals surface area contributed by atoms with Crippen LogP contribution in [0.25, 0.3) is 0 Å². The first-order valence-electron chi connectivity index (χ1n) is 13.4. The Bertz CT molecular complexity index is 916. The van der Waals surface area contributed by atoms with Gasteiger partial charge in [-0.25, -0.2) is 13.6 Å². The van der Waals surface area contributed by atoms with E-state index in [4.69, 9.17) is 14.2 Å². The fourth-order valence-corrected chi connectivity index (χ4v) is 3.87. The molecule has 4 nitrogen and oxygen atoms in total. The van der Waals surface area contributed by atoms with E-state index in [1.807, 2.05) is 19.9 Å². The highest BCUT2D eigenvalue weighted by Gasteiger charge is 2.21. The van der Waals surface area contributed by atoms with Crippen LogP contribution < -0.4 is 14.2 Å². The van der Waals surface area contributed by atoms with Crippen LogP contribution in [0.1, 0.15) is 95.8 Å². The molecule has 2 aromatic rings. The van der Waals surface area contributed by atoms with E-state index in [0.29, 0.717) is 18.8 Å². The van der Waals surface area contributed by atoms with Gasteiger partial charge < -0.3 is 14.2 Å². The Hall–Kier alpha value is -2.63. The van der Waals surface area contributed by atoms with Crippen LogP contribution in [0.3, 0.4) is 0 Å². The molecule has 0 radical (unpaired) electrons. The highest BCUT2D eigenvalue weighted by Crippen LogP contribution is 2.29. The van der Waals surface area contributed by atoms with E-state index in [1.54, 1.807) is 25.1 Å². The molecule has 200 valence electrons. The van der Waals surface area contributed by atoms with Crippen molar-refractivity contribution in [2.75, 3.05) is 6.61 Å². The fraction of sp³-hybridized carbons (Fsp3) is 0.567. The van der Waals surface area contributed by atoms with Gasteiger partial charge in [0.05, 0.1) is 12.2 Å². The van der Waals surface area contributed by atoms with E-state index >= 15 is 0 Å². The maximum Gasteiger partial charge on any atom is 0.343 e. The smallest absolute Gasteiger partial charge is 0.343 e. The molecule has 0 saturated heterocycles. The Labute approximate surface area is 215 Å². The van der Waals surface area contributed by atoms with Gasteiger partial charge in [0.25, 0.3) is 0 Å². The number of benzene rings is 2. The Kier molecular flexibility index (Phi) is 13.3. The first-order valence-corrected chi connectivity index (χ1v) is 13.4. The summed E-state index contributed by atoms with van der Waals surface area (Å²) in [4.78, 5) is 12.7. The summed E-state index contributed by atoms with van der Waals surface area (Å²) in [6, 6.07) is 10.7. The Morgan fingerprint density at radius 2 is 1.50 bits per heavy atom. The zero-order valence-corrected chi connectivity index (χ0v) is 22.2. The number of para-hydroxylation sites is 2. The first-order chi connectivity index (χ1) is 17.3. The molecular weight excluding hydrogens is 462 g/mol. The highest BCUT2D eigenvalue weighted by molar-refractivity contribution is 5.91. The van der Waals surface area contributed by atoms with Gasteiger partial charge in [-0.3, -0.25) is 0 Å². The number of carbonyl (C=O) groups is 1. The monoisotopic (exact) mass is 504 g/mol. The topological polar surface area (TPSA) is 44.8 Å². The van der Waals surface area contributed by atoms with Crippen molar-refractivity contribution in [3.63, 3.8) is 0 Å². The molecule has 36 heavy (non-hydrogen) atoms. The zero-order valence-electron chi connectivity index (χ0n) is 22.2. The number of carbonyl (C=O) groups excluding carboxylic acids is 1. The minimum absolute atomic E-state index is 0.0318. The molecule has 0 aliphatic rings. The molecule has 2 rings (SSSR count). The summed E-state index contributed by atoms with van der Waals surface area (Å²) in [5.41, 5.74) is 0.0318. The van der Waals surface area contributed by atoms with Crippen molar-refractivity contribution < 1.29 is 27.8 Å². The standard InChI is InChI=1S/C30H42F2O4/c1-5-6-7-8-9-10-11-14-19-34-28-15-12-13-16-29(28)36-30(33)24-17-18-27(26(32)21-24)35-23(4)25(31)20-22(2)3/h12-13,15-18,21-23,25H,5-11,14,19-20H2,1-4H3/t23-,25-/m1/s1. The van der Waals surface area contributed by atoms with Gasteiger partial charge in [0.15, 0.2) is 23.1 Å². The van der Waals surface area contributed by atoms with Crippen LogP contribution in [0.4, 0.5) is 8.78 Å². The van der Waals surface area contributed by atoms with E-state index in [-0.39, 0.29) is 23.0 Å². The van der Waals surface area contributed by atoms with Gasteiger partial charge in [-0.1, -0.05) is 77.8 Å². The highest BCUT2D eigenvalue weighted by atomic mass is 19.1. The molecule has 2 atom stereocenters. The van der Waals surface area contributed by atoms with Gasteiger partial charge in [-0.15, -0.1) is 0 Å². The Balaban J connectivity index is 1.87. The average molecular weight is 505 g/mol. The molecule has 0 bridgehead atoms. The molecule has 0 spiro atoms. The minimum Gasteiger partial charge on any atom is -0.490 e. The van der Waals surface area contributed by atoms with Crippen molar-refractivity contribution in [3.8, 4) is 17.2 Å². The van der Waals surface area contributed by atoms with Crippen molar-refractivity contribution in [2.24, 2.45) is 5.92 Å². The summed E-state index contributed by atoms with van der Waals surface area (Å²) in [6.07, 6.45) is 7.94. The average Bonchev–Trinajstić information content (AvgIpc) is 2.84. The SMILES string of the molecule is CCCCCCCCCCOc1ccccc1OC(=O)c1ccc(O[C@H](C)[C@H](F)CC(C)C)c(F)c1. The van der Waals surface area contributed by atoms with Crippen molar-refractivity contribution in [3.05, 3.63) is 53.8 Å². The zero-order chi connectivity index (χ0) is 26.3. The summed E-state index contributed by atoms with van der Waals surface area (Å²) in [5, 5.41) is 0. The van der Waals surface area contributed by atoms with Crippen molar-refractivity contribution in [2.45, 2.75) is 97.8 Å². The predicted molar refractivity (Wildman–Crippen MR) is 140 cm³/mol. The largest absolute Gasteiger partial charge is 0.490 e. The van der Waals surface area contributed by atoms with Gasteiger partial charge in [-0.05, 0) is 56.0 Å². The van der Waals surface area contributed by atoms with Gasteiger partial charge in [-0.2, -0.15) is 0 Å². The number of hydrogen-bond donors (Lipinski definition) is 0. The van der Waals surface area contributed by atoms with Crippen molar-refractivity contribution >= 4 is 5.97 Å². The molecular formula is C30H42F2O4. The third kappa shape index (κ3) is 10.5. The second kappa shape index (κ2) is 16.2. The van der Waals surface area contributed by atoms with Crippen LogP contribution >= 0.6 is 0 Å². The van der Waals surface area contributed by atoms with E-state index in [1.165, 1.54) is 50.7 Å². The second-order valence-electron chi connectivity index (χ2n) is 9.77. The summed E-state index contributed by atoms with van der Waals surface area (Å²) < 4.78 is 45.6. The molecule has 2 aromatic carbocycles. The molecule has 0 saturated carbocycles. The number of unbranched alkanes of at least 4 members (excludes halogenated alkanes) is 7. The number of esters is 1. The molecule has 6 heteroatoms. The number of hydrogen-bond acceptors (Lipinski definition) is 4. The van der Waals surface area contributed by atoms with Crippen LogP contribution in [-0.2, 0) is 0 Å². The normalized spacial score (nSPS) is 12.9. The molecule has 0 aliphatic carbocycles. The third-order valence-electron chi connectivity index (χ3n) is 5.99. The lowest BCUT2D eigenvalue weighted by molar-refractivity contribution is 0.0726. The van der Waals surface area contributed by atoms with Crippen LogP contribution in [0.15, 0.2) is 42.5 Å². The van der Waals surface area contributed by atoms with E-state index in [9.17, 15) is 13.6 Å². The lowest BCUT2D eigenvalue weighted by Gasteiger charge is -2.20. The van der Waals surface area contributed by atoms with Crippen LogP contribution in [0.5, 0.6) is 17.2 Å². The lowest BCUT2D eigenvalue weighted by atomic mass is 10.0. The summed E-state index contributed by atoms with van der Waals surface area (Å²) in [5.74, 6) is -0.626. The molecule has 0 amide bonds. The summed E-state index contributed by atoms with van der Waals surface area (Å²) in [7, 11) is 0. The molecule has 0 unspecified atom stereocenters. The molecule has 0 N–H and O–H groups in total. The van der Waals surface area contributed by atoms with Crippen LogP contribution in [0.2, 0.25) is 0 Å². The third-order valence-corrected chi connectivity index (χ3v) is 5.99. The predicted octanol–water partition coefficient (Wildman–Crippen LogP) is 8.72.